The van der Waals surface area contributed by atoms with Crippen molar-refractivity contribution in [3.63, 3.8) is 0 Å². The van der Waals surface area contributed by atoms with E-state index in [-0.39, 0.29) is 11.5 Å². The lowest BCUT2D eigenvalue weighted by atomic mass is 10.4. The number of imidazole rings is 1. The molecule has 0 aliphatic rings. The van der Waals surface area contributed by atoms with E-state index in [2.05, 4.69) is 10.3 Å². The maximum atomic E-state index is 11.3. The largest absolute Gasteiger partial charge is 0.337 e. The van der Waals surface area contributed by atoms with E-state index in [1.54, 1.807) is 13.3 Å². The van der Waals surface area contributed by atoms with E-state index < -0.39 is 9.84 Å². The highest BCUT2D eigenvalue weighted by molar-refractivity contribution is 7.91. The number of rotatable bonds is 8. The van der Waals surface area contributed by atoms with E-state index >= 15 is 0 Å². The summed E-state index contributed by atoms with van der Waals surface area (Å²) in [6.07, 6.45) is 4.36. The summed E-state index contributed by atoms with van der Waals surface area (Å²) in [6, 6.07) is 0. The van der Waals surface area contributed by atoms with Gasteiger partial charge in [-0.2, -0.15) is 0 Å². The lowest BCUT2D eigenvalue weighted by Gasteiger charge is -2.02. The Bertz CT molecular complexity index is 426. The monoisotopic (exact) mass is 259 g/mol. The third-order valence-corrected chi connectivity index (χ3v) is 4.34. The molecule has 0 radical (unpaired) electrons. The molecule has 6 heteroatoms. The van der Waals surface area contributed by atoms with E-state index in [0.29, 0.717) is 13.0 Å². The molecule has 1 aromatic heterocycles. The molecule has 0 saturated heterocycles. The van der Waals surface area contributed by atoms with Gasteiger partial charge in [0.25, 0.3) is 0 Å². The van der Waals surface area contributed by atoms with Crippen molar-refractivity contribution >= 4 is 9.84 Å². The molecule has 1 rings (SSSR count). The van der Waals surface area contributed by atoms with Gasteiger partial charge in [-0.25, -0.2) is 13.4 Å². The summed E-state index contributed by atoms with van der Waals surface area (Å²) in [5.41, 5.74) is 0.991. The maximum Gasteiger partial charge on any atom is 0.150 e. The van der Waals surface area contributed by atoms with Crippen LogP contribution in [-0.2, 0) is 22.9 Å². The highest BCUT2D eigenvalue weighted by Crippen LogP contribution is 2.00. The summed E-state index contributed by atoms with van der Waals surface area (Å²) >= 11 is 0. The van der Waals surface area contributed by atoms with Crippen LogP contribution in [0, 0.1) is 0 Å². The minimum absolute atomic E-state index is 0.225. The molecule has 17 heavy (non-hydrogen) atoms. The van der Waals surface area contributed by atoms with Crippen LogP contribution >= 0.6 is 0 Å². The standard InChI is InChI=1S/C11H21N3O2S/c1-3-12-8-11-9-14(10-13-11)6-5-7-17(15,16)4-2/h9-10,12H,3-8H2,1-2H3. The van der Waals surface area contributed by atoms with Crippen LogP contribution in [0.15, 0.2) is 12.5 Å². The second-order valence-electron chi connectivity index (χ2n) is 3.97. The Labute approximate surface area is 103 Å². The van der Waals surface area contributed by atoms with Crippen molar-refractivity contribution in [1.82, 2.24) is 14.9 Å². The molecule has 0 fully saturated rings. The van der Waals surface area contributed by atoms with Crippen molar-refractivity contribution in [2.75, 3.05) is 18.1 Å². The zero-order valence-electron chi connectivity index (χ0n) is 10.5. The summed E-state index contributed by atoms with van der Waals surface area (Å²) in [5, 5.41) is 3.20. The van der Waals surface area contributed by atoms with Crippen LogP contribution in [0.3, 0.4) is 0 Å². The molecular weight excluding hydrogens is 238 g/mol. The minimum Gasteiger partial charge on any atom is -0.337 e. The molecule has 0 bridgehead atoms. The van der Waals surface area contributed by atoms with E-state index in [1.807, 2.05) is 17.7 Å². The van der Waals surface area contributed by atoms with Crippen molar-refractivity contribution in [1.29, 1.82) is 0 Å². The number of hydrogen-bond donors (Lipinski definition) is 1. The molecule has 0 amide bonds. The van der Waals surface area contributed by atoms with Gasteiger partial charge in [-0.3, -0.25) is 0 Å². The number of sulfone groups is 1. The summed E-state index contributed by atoms with van der Waals surface area (Å²) in [4.78, 5) is 4.24. The fourth-order valence-electron chi connectivity index (χ4n) is 1.48. The summed E-state index contributed by atoms with van der Waals surface area (Å²) in [7, 11) is -2.84. The van der Waals surface area contributed by atoms with Gasteiger partial charge in [0.2, 0.25) is 0 Å². The summed E-state index contributed by atoms with van der Waals surface area (Å²) in [6.45, 7) is 6.12. The first-order valence-electron chi connectivity index (χ1n) is 5.99. The quantitative estimate of drug-likeness (QED) is 0.750. The predicted octanol–water partition coefficient (Wildman–Crippen LogP) is 0.817. The van der Waals surface area contributed by atoms with Crippen LogP contribution in [0.25, 0.3) is 0 Å². The van der Waals surface area contributed by atoms with Gasteiger partial charge in [0, 0.05) is 25.0 Å². The molecule has 0 atom stereocenters. The van der Waals surface area contributed by atoms with E-state index in [9.17, 15) is 8.42 Å². The number of nitrogens with zero attached hydrogens (tertiary/aromatic N) is 2. The van der Waals surface area contributed by atoms with E-state index in [1.165, 1.54) is 0 Å². The van der Waals surface area contributed by atoms with Gasteiger partial charge in [0.15, 0.2) is 0 Å². The van der Waals surface area contributed by atoms with Crippen molar-refractivity contribution in [2.45, 2.75) is 33.4 Å². The maximum absolute atomic E-state index is 11.3. The fourth-order valence-corrected chi connectivity index (χ4v) is 2.34. The van der Waals surface area contributed by atoms with Gasteiger partial charge in [-0.05, 0) is 13.0 Å². The summed E-state index contributed by atoms with van der Waals surface area (Å²) < 4.78 is 24.5. The predicted molar refractivity (Wildman–Crippen MR) is 68.6 cm³/mol. The van der Waals surface area contributed by atoms with Gasteiger partial charge >= 0.3 is 0 Å². The first kappa shape index (κ1) is 14.2. The van der Waals surface area contributed by atoms with Crippen LogP contribution in [0.5, 0.6) is 0 Å². The van der Waals surface area contributed by atoms with Crippen LogP contribution in [0.1, 0.15) is 26.0 Å². The van der Waals surface area contributed by atoms with Gasteiger partial charge in [0.05, 0.1) is 17.8 Å². The normalized spacial score (nSPS) is 11.9. The van der Waals surface area contributed by atoms with Gasteiger partial charge < -0.3 is 9.88 Å². The molecular formula is C11H21N3O2S. The first-order chi connectivity index (χ1) is 8.07. The molecule has 0 aromatic carbocycles. The Morgan fingerprint density at radius 2 is 2.18 bits per heavy atom. The molecule has 1 heterocycles. The highest BCUT2D eigenvalue weighted by Gasteiger charge is 2.06. The molecule has 0 spiro atoms. The smallest absolute Gasteiger partial charge is 0.150 e. The third-order valence-electron chi connectivity index (χ3n) is 2.55. The Balaban J connectivity index is 2.35. The van der Waals surface area contributed by atoms with Crippen molar-refractivity contribution in [3.8, 4) is 0 Å². The van der Waals surface area contributed by atoms with E-state index in [0.717, 1.165) is 18.8 Å². The number of aromatic nitrogens is 2. The Kier molecular flexibility index (Phi) is 5.64. The minimum atomic E-state index is -2.84. The van der Waals surface area contributed by atoms with Crippen molar-refractivity contribution in [2.24, 2.45) is 0 Å². The second kappa shape index (κ2) is 6.76. The van der Waals surface area contributed by atoms with Crippen LogP contribution in [-0.4, -0.2) is 36.0 Å². The summed E-state index contributed by atoms with van der Waals surface area (Å²) in [5.74, 6) is 0.479. The van der Waals surface area contributed by atoms with E-state index in [4.69, 9.17) is 0 Å². The molecule has 0 unspecified atom stereocenters. The molecule has 98 valence electrons. The Morgan fingerprint density at radius 1 is 1.41 bits per heavy atom. The highest BCUT2D eigenvalue weighted by atomic mass is 32.2. The number of hydrogen-bond acceptors (Lipinski definition) is 4. The van der Waals surface area contributed by atoms with Crippen LogP contribution < -0.4 is 5.32 Å². The van der Waals surface area contributed by atoms with Crippen LogP contribution in [0.4, 0.5) is 0 Å². The molecule has 1 N–H and O–H groups in total. The van der Waals surface area contributed by atoms with Crippen molar-refractivity contribution < 1.29 is 8.42 Å². The average molecular weight is 259 g/mol. The number of aryl methyl sites for hydroxylation is 1. The third kappa shape index (κ3) is 5.32. The zero-order valence-corrected chi connectivity index (χ0v) is 11.3. The van der Waals surface area contributed by atoms with Gasteiger partial charge in [-0.15, -0.1) is 0 Å². The second-order valence-corrected chi connectivity index (χ2v) is 6.45. The molecule has 0 aliphatic heterocycles. The molecule has 0 aliphatic carbocycles. The molecule has 1 aromatic rings. The first-order valence-corrected chi connectivity index (χ1v) is 7.81. The fraction of sp³-hybridized carbons (Fsp3) is 0.727. The molecule has 0 saturated carbocycles. The van der Waals surface area contributed by atoms with Gasteiger partial charge in [0.1, 0.15) is 9.84 Å². The lowest BCUT2D eigenvalue weighted by Crippen LogP contribution is -2.12. The number of nitrogens with one attached hydrogen (secondary N) is 1. The Morgan fingerprint density at radius 3 is 2.82 bits per heavy atom. The SMILES string of the molecule is CCNCc1cn(CCCS(=O)(=O)CC)cn1. The van der Waals surface area contributed by atoms with Gasteiger partial charge in [-0.1, -0.05) is 13.8 Å². The topological polar surface area (TPSA) is 64.0 Å². The Hall–Kier alpha value is -0.880. The van der Waals surface area contributed by atoms with Crippen LogP contribution in [0.2, 0.25) is 0 Å². The lowest BCUT2D eigenvalue weighted by molar-refractivity contribution is 0.587. The van der Waals surface area contributed by atoms with Crippen molar-refractivity contribution in [3.05, 3.63) is 18.2 Å². The molecule has 5 nitrogen and oxygen atoms in total. The zero-order chi connectivity index (χ0) is 12.7. The average Bonchev–Trinajstić information content (AvgIpc) is 2.74.